The Hall–Kier alpha value is -0.490. The van der Waals surface area contributed by atoms with Gasteiger partial charge in [-0.2, -0.15) is 0 Å². The lowest BCUT2D eigenvalue weighted by molar-refractivity contribution is 0.128. The number of nitrogens with one attached hydrogen (secondary N) is 1. The highest BCUT2D eigenvalue weighted by Gasteiger charge is 2.18. The second-order valence-corrected chi connectivity index (χ2v) is 6.21. The van der Waals surface area contributed by atoms with E-state index in [2.05, 4.69) is 31.1 Å². The van der Waals surface area contributed by atoms with Gasteiger partial charge in [-0.1, -0.05) is 20.8 Å². The standard InChI is InChI=1S/C12H22N2O2S/c1-12(2,3)11-14-6-10(17-11)5-13-9(7-15)8-16-4/h6,9,13,15H,5,7-8H2,1-4H3. The van der Waals surface area contributed by atoms with Crippen LogP contribution in [0, 0.1) is 0 Å². The van der Waals surface area contributed by atoms with Crippen LogP contribution in [0.15, 0.2) is 6.20 Å². The third-order valence-electron chi connectivity index (χ3n) is 2.35. The molecule has 0 fully saturated rings. The summed E-state index contributed by atoms with van der Waals surface area (Å²) in [6, 6.07) is -0.0137. The van der Waals surface area contributed by atoms with Crippen molar-refractivity contribution in [1.29, 1.82) is 0 Å². The molecule has 4 nitrogen and oxygen atoms in total. The number of thiazole rings is 1. The van der Waals surface area contributed by atoms with Crippen molar-refractivity contribution in [3.8, 4) is 0 Å². The van der Waals surface area contributed by atoms with Crippen molar-refractivity contribution in [2.45, 2.75) is 38.8 Å². The van der Waals surface area contributed by atoms with Gasteiger partial charge in [0.2, 0.25) is 0 Å². The molecule has 1 heterocycles. The summed E-state index contributed by atoms with van der Waals surface area (Å²) < 4.78 is 5.01. The van der Waals surface area contributed by atoms with E-state index in [0.717, 1.165) is 11.6 Å². The summed E-state index contributed by atoms with van der Waals surface area (Å²) >= 11 is 1.71. The predicted molar refractivity (Wildman–Crippen MR) is 70.4 cm³/mol. The quantitative estimate of drug-likeness (QED) is 0.812. The second kappa shape index (κ2) is 6.44. The van der Waals surface area contributed by atoms with Crippen molar-refractivity contribution in [1.82, 2.24) is 10.3 Å². The Bertz CT molecular complexity index is 333. The number of rotatable bonds is 6. The van der Waals surface area contributed by atoms with Gasteiger partial charge in [0.15, 0.2) is 0 Å². The minimum Gasteiger partial charge on any atom is -0.395 e. The minimum absolute atomic E-state index is 0.0137. The summed E-state index contributed by atoms with van der Waals surface area (Å²) in [5.41, 5.74) is 0.103. The monoisotopic (exact) mass is 258 g/mol. The highest BCUT2D eigenvalue weighted by molar-refractivity contribution is 7.11. The van der Waals surface area contributed by atoms with Crippen LogP contribution in [0.3, 0.4) is 0 Å². The first-order chi connectivity index (χ1) is 7.97. The fourth-order valence-corrected chi connectivity index (χ4v) is 2.28. The molecule has 17 heavy (non-hydrogen) atoms. The molecule has 1 aromatic heterocycles. The second-order valence-electron chi connectivity index (χ2n) is 5.10. The molecule has 0 amide bonds. The number of aromatic nitrogens is 1. The van der Waals surface area contributed by atoms with Gasteiger partial charge in [-0.25, -0.2) is 4.98 Å². The number of hydrogen-bond donors (Lipinski definition) is 2. The number of hydrogen-bond acceptors (Lipinski definition) is 5. The van der Waals surface area contributed by atoms with E-state index in [4.69, 9.17) is 9.84 Å². The lowest BCUT2D eigenvalue weighted by Crippen LogP contribution is -2.35. The Morgan fingerprint density at radius 2 is 2.24 bits per heavy atom. The van der Waals surface area contributed by atoms with Crippen LogP contribution in [0.1, 0.15) is 30.7 Å². The topological polar surface area (TPSA) is 54.4 Å². The molecule has 0 aliphatic rings. The lowest BCUT2D eigenvalue weighted by atomic mass is 9.98. The summed E-state index contributed by atoms with van der Waals surface area (Å²) in [5.74, 6) is 0. The third-order valence-corrected chi connectivity index (χ3v) is 3.77. The molecule has 98 valence electrons. The molecule has 0 saturated carbocycles. The van der Waals surface area contributed by atoms with E-state index in [1.165, 1.54) is 4.88 Å². The SMILES string of the molecule is COCC(CO)NCc1cnc(C(C)(C)C)s1. The molecule has 0 radical (unpaired) electrons. The molecule has 2 N–H and O–H groups in total. The van der Waals surface area contributed by atoms with Gasteiger partial charge in [-0.3, -0.25) is 0 Å². The number of nitrogens with zero attached hydrogens (tertiary/aromatic N) is 1. The normalized spacial score (nSPS) is 13.9. The van der Waals surface area contributed by atoms with Gasteiger partial charge in [-0.15, -0.1) is 11.3 Å². The zero-order valence-electron chi connectivity index (χ0n) is 11.0. The largest absolute Gasteiger partial charge is 0.395 e. The summed E-state index contributed by atoms with van der Waals surface area (Å²) in [6.45, 7) is 7.79. The van der Waals surface area contributed by atoms with E-state index in [-0.39, 0.29) is 18.1 Å². The van der Waals surface area contributed by atoms with E-state index < -0.39 is 0 Å². The maximum atomic E-state index is 9.11. The molecule has 1 unspecified atom stereocenters. The van der Waals surface area contributed by atoms with Gasteiger partial charge >= 0.3 is 0 Å². The molecule has 1 rings (SSSR count). The molecule has 1 atom stereocenters. The van der Waals surface area contributed by atoms with Crippen LogP contribution >= 0.6 is 11.3 Å². The summed E-state index contributed by atoms with van der Waals surface area (Å²) in [5, 5.41) is 13.5. The Balaban J connectivity index is 2.49. The van der Waals surface area contributed by atoms with Crippen LogP contribution in [-0.2, 0) is 16.7 Å². The van der Waals surface area contributed by atoms with Crippen molar-refractivity contribution >= 4 is 11.3 Å². The maximum Gasteiger partial charge on any atom is 0.0981 e. The van der Waals surface area contributed by atoms with Crippen molar-refractivity contribution < 1.29 is 9.84 Å². The Morgan fingerprint density at radius 1 is 1.53 bits per heavy atom. The highest BCUT2D eigenvalue weighted by atomic mass is 32.1. The van der Waals surface area contributed by atoms with Crippen molar-refractivity contribution in [3.63, 3.8) is 0 Å². The average Bonchev–Trinajstić information content (AvgIpc) is 2.72. The fraction of sp³-hybridized carbons (Fsp3) is 0.750. The van der Waals surface area contributed by atoms with E-state index in [9.17, 15) is 0 Å². The molecular formula is C12H22N2O2S. The van der Waals surface area contributed by atoms with E-state index >= 15 is 0 Å². The summed E-state index contributed by atoms with van der Waals surface area (Å²) in [7, 11) is 1.63. The van der Waals surface area contributed by atoms with Gasteiger partial charge in [-0.05, 0) is 0 Å². The van der Waals surface area contributed by atoms with Gasteiger partial charge < -0.3 is 15.2 Å². The molecule has 0 aromatic carbocycles. The molecular weight excluding hydrogens is 236 g/mol. The van der Waals surface area contributed by atoms with Crippen LogP contribution < -0.4 is 5.32 Å². The average molecular weight is 258 g/mol. The third kappa shape index (κ3) is 4.71. The van der Waals surface area contributed by atoms with Crippen molar-refractivity contribution in [2.75, 3.05) is 20.3 Å². The minimum atomic E-state index is -0.0137. The molecule has 0 bridgehead atoms. The maximum absolute atomic E-state index is 9.11. The number of methoxy groups -OCH3 is 1. The molecule has 1 aromatic rings. The van der Waals surface area contributed by atoms with Crippen LogP contribution in [0.5, 0.6) is 0 Å². The van der Waals surface area contributed by atoms with E-state index in [0.29, 0.717) is 6.61 Å². The zero-order valence-corrected chi connectivity index (χ0v) is 11.8. The van der Waals surface area contributed by atoms with Crippen molar-refractivity contribution in [2.24, 2.45) is 0 Å². The predicted octanol–water partition coefficient (Wildman–Crippen LogP) is 1.54. The van der Waals surface area contributed by atoms with Crippen LogP contribution in [0.4, 0.5) is 0 Å². The van der Waals surface area contributed by atoms with Gasteiger partial charge in [0.1, 0.15) is 0 Å². The molecule has 0 saturated heterocycles. The smallest absolute Gasteiger partial charge is 0.0981 e. The van der Waals surface area contributed by atoms with Crippen LogP contribution in [-0.4, -0.2) is 36.5 Å². The van der Waals surface area contributed by atoms with Crippen molar-refractivity contribution in [3.05, 3.63) is 16.1 Å². The van der Waals surface area contributed by atoms with E-state index in [1.54, 1.807) is 18.4 Å². The molecule has 0 aliphatic carbocycles. The van der Waals surface area contributed by atoms with Gasteiger partial charge in [0.25, 0.3) is 0 Å². The highest BCUT2D eigenvalue weighted by Crippen LogP contribution is 2.26. The summed E-state index contributed by atoms with van der Waals surface area (Å²) in [4.78, 5) is 5.61. The van der Waals surface area contributed by atoms with Crippen LogP contribution in [0.2, 0.25) is 0 Å². The van der Waals surface area contributed by atoms with Crippen LogP contribution in [0.25, 0.3) is 0 Å². The first kappa shape index (κ1) is 14.6. The number of aliphatic hydroxyl groups is 1. The summed E-state index contributed by atoms with van der Waals surface area (Å²) in [6.07, 6.45) is 1.90. The molecule has 0 aliphatic heterocycles. The first-order valence-corrected chi connectivity index (χ1v) is 6.57. The van der Waals surface area contributed by atoms with Gasteiger partial charge in [0, 0.05) is 30.1 Å². The molecule has 5 heteroatoms. The zero-order chi connectivity index (χ0) is 12.9. The number of aliphatic hydroxyl groups excluding tert-OH is 1. The Kier molecular flexibility index (Phi) is 5.52. The Labute approximate surface area is 107 Å². The number of ether oxygens (including phenoxy) is 1. The first-order valence-electron chi connectivity index (χ1n) is 5.75. The Morgan fingerprint density at radius 3 is 2.71 bits per heavy atom. The fourth-order valence-electron chi connectivity index (χ4n) is 1.36. The lowest BCUT2D eigenvalue weighted by Gasteiger charge is -2.15. The van der Waals surface area contributed by atoms with E-state index in [1.807, 2.05) is 6.20 Å². The van der Waals surface area contributed by atoms with Gasteiger partial charge in [0.05, 0.1) is 24.3 Å². The molecule has 0 spiro atoms.